The lowest BCUT2D eigenvalue weighted by Crippen LogP contribution is -2.31. The van der Waals surface area contributed by atoms with Crippen LogP contribution in [0.2, 0.25) is 0 Å². The Hall–Kier alpha value is -1.29. The molecule has 0 amide bonds. The molecular weight excluding hydrogens is 228 g/mol. The second-order valence-corrected chi connectivity index (χ2v) is 5.49. The van der Waals surface area contributed by atoms with E-state index in [4.69, 9.17) is 9.47 Å². The second-order valence-electron chi connectivity index (χ2n) is 5.49. The summed E-state index contributed by atoms with van der Waals surface area (Å²) in [7, 11) is 0. The first kappa shape index (κ1) is 11.8. The van der Waals surface area contributed by atoms with E-state index in [1.165, 1.54) is 12.8 Å². The van der Waals surface area contributed by atoms with Gasteiger partial charge in [-0.2, -0.15) is 0 Å². The van der Waals surface area contributed by atoms with Crippen LogP contribution >= 0.6 is 0 Å². The van der Waals surface area contributed by atoms with Crippen LogP contribution in [0.1, 0.15) is 26.7 Å². The van der Waals surface area contributed by atoms with Crippen LogP contribution in [0.25, 0.3) is 0 Å². The molecule has 1 aliphatic carbocycles. The zero-order valence-electron chi connectivity index (χ0n) is 10.9. The third-order valence-electron chi connectivity index (χ3n) is 3.48. The summed E-state index contributed by atoms with van der Waals surface area (Å²) >= 11 is 0. The van der Waals surface area contributed by atoms with E-state index in [-0.39, 0.29) is 6.10 Å². The van der Waals surface area contributed by atoms with Crippen LogP contribution in [0.3, 0.4) is 0 Å². The molecule has 1 aliphatic heterocycles. The van der Waals surface area contributed by atoms with Crippen molar-refractivity contribution in [1.29, 1.82) is 0 Å². The van der Waals surface area contributed by atoms with Gasteiger partial charge in [0.25, 0.3) is 5.88 Å². The van der Waals surface area contributed by atoms with E-state index >= 15 is 0 Å². The smallest absolute Gasteiger partial charge is 0.257 e. The maximum absolute atomic E-state index is 5.84. The van der Waals surface area contributed by atoms with E-state index in [0.717, 1.165) is 17.7 Å². The molecule has 1 aromatic rings. The zero-order chi connectivity index (χ0) is 12.5. The minimum atomic E-state index is 0.111. The highest BCUT2D eigenvalue weighted by Crippen LogP contribution is 2.40. The molecule has 1 aromatic heterocycles. The number of rotatable bonds is 5. The maximum Gasteiger partial charge on any atom is 0.257 e. The highest BCUT2D eigenvalue weighted by Gasteiger charge is 2.45. The zero-order valence-corrected chi connectivity index (χ0v) is 10.9. The van der Waals surface area contributed by atoms with Gasteiger partial charge >= 0.3 is 0 Å². The molecule has 0 aromatic carbocycles. The molecule has 4 nitrogen and oxygen atoms in total. The first-order chi connectivity index (χ1) is 8.72. The normalized spacial score (nSPS) is 29.2. The van der Waals surface area contributed by atoms with Crippen molar-refractivity contribution in [2.45, 2.75) is 44.9 Å². The Labute approximate surface area is 108 Å². The fourth-order valence-corrected chi connectivity index (χ4v) is 2.55. The lowest BCUT2D eigenvalue weighted by Gasteiger charge is -2.17. The van der Waals surface area contributed by atoms with E-state index in [2.05, 4.69) is 10.3 Å². The number of nitrogens with one attached hydrogen (secondary N) is 1. The Kier molecular flexibility index (Phi) is 3.12. The van der Waals surface area contributed by atoms with Crippen LogP contribution in [0.5, 0.6) is 11.6 Å². The molecule has 4 heteroatoms. The van der Waals surface area contributed by atoms with Crippen molar-refractivity contribution in [2.24, 2.45) is 5.92 Å². The predicted molar refractivity (Wildman–Crippen MR) is 68.9 cm³/mol. The summed E-state index contributed by atoms with van der Waals surface area (Å²) in [6.45, 7) is 4.68. The van der Waals surface area contributed by atoms with Gasteiger partial charge in [-0.05, 0) is 44.7 Å². The monoisotopic (exact) mass is 248 g/mol. The van der Waals surface area contributed by atoms with Crippen molar-refractivity contribution >= 4 is 0 Å². The van der Waals surface area contributed by atoms with Crippen molar-refractivity contribution in [1.82, 2.24) is 10.3 Å². The fraction of sp³-hybridized carbons (Fsp3) is 0.643. The average Bonchev–Trinajstić information content (AvgIpc) is 2.95. The lowest BCUT2D eigenvalue weighted by molar-refractivity contribution is 0.203. The van der Waals surface area contributed by atoms with Crippen molar-refractivity contribution in [3.8, 4) is 11.6 Å². The molecule has 1 N–H and O–H groups in total. The van der Waals surface area contributed by atoms with Crippen LogP contribution in [0.4, 0.5) is 0 Å². The summed E-state index contributed by atoms with van der Waals surface area (Å²) in [6.07, 6.45) is 4.43. The number of pyridine rings is 1. The van der Waals surface area contributed by atoms with Gasteiger partial charge < -0.3 is 14.8 Å². The average molecular weight is 248 g/mol. The molecule has 2 aliphatic rings. The highest BCUT2D eigenvalue weighted by molar-refractivity contribution is 5.32. The molecule has 2 fully saturated rings. The van der Waals surface area contributed by atoms with E-state index in [0.29, 0.717) is 18.5 Å². The van der Waals surface area contributed by atoms with Crippen LogP contribution in [0.15, 0.2) is 18.3 Å². The van der Waals surface area contributed by atoms with Gasteiger partial charge in [0.05, 0.1) is 6.10 Å². The maximum atomic E-state index is 5.84. The molecule has 3 atom stereocenters. The number of fused-ring (bicyclic) bond motifs is 1. The number of nitrogens with zero attached hydrogens (tertiary/aromatic N) is 1. The highest BCUT2D eigenvalue weighted by atomic mass is 16.5. The van der Waals surface area contributed by atoms with E-state index in [9.17, 15) is 0 Å². The number of ether oxygens (including phenoxy) is 2. The molecule has 0 radical (unpaired) electrons. The van der Waals surface area contributed by atoms with Crippen molar-refractivity contribution in [3.63, 3.8) is 0 Å². The van der Waals surface area contributed by atoms with Crippen molar-refractivity contribution in [3.05, 3.63) is 18.3 Å². The predicted octanol–water partition coefficient (Wildman–Crippen LogP) is 2.00. The number of piperidine rings is 1. The Morgan fingerprint density at radius 2 is 2.33 bits per heavy atom. The summed E-state index contributed by atoms with van der Waals surface area (Å²) in [5, 5.41) is 3.57. The van der Waals surface area contributed by atoms with Gasteiger partial charge in [0, 0.05) is 18.3 Å². The third kappa shape index (κ3) is 2.58. The van der Waals surface area contributed by atoms with Crippen LogP contribution in [0, 0.1) is 5.92 Å². The number of hydrogen-bond donors (Lipinski definition) is 1. The van der Waals surface area contributed by atoms with Crippen LogP contribution < -0.4 is 14.8 Å². The molecular formula is C14H20N2O2. The molecule has 18 heavy (non-hydrogen) atoms. The quantitative estimate of drug-likeness (QED) is 0.865. The first-order valence-corrected chi connectivity index (χ1v) is 6.73. The fourth-order valence-electron chi connectivity index (χ4n) is 2.55. The summed E-state index contributed by atoms with van der Waals surface area (Å²) in [5.41, 5.74) is 0. The molecule has 3 rings (SSSR count). The first-order valence-electron chi connectivity index (χ1n) is 6.73. The summed E-state index contributed by atoms with van der Waals surface area (Å²) in [6, 6.07) is 5.04. The van der Waals surface area contributed by atoms with E-state index < -0.39 is 0 Å². The van der Waals surface area contributed by atoms with Crippen LogP contribution in [-0.4, -0.2) is 29.8 Å². The van der Waals surface area contributed by atoms with Gasteiger partial charge in [-0.1, -0.05) is 0 Å². The minimum Gasteiger partial charge on any atom is -0.486 e. The second kappa shape index (κ2) is 4.76. The minimum absolute atomic E-state index is 0.111. The van der Waals surface area contributed by atoms with Gasteiger partial charge in [-0.15, -0.1) is 0 Å². The standard InChI is InChI=1S/C14H20N2O2/c1-9(2)18-14-13(4-3-5-15-14)17-8-11-6-10-7-12(10)16-11/h3-5,9-12,16H,6-8H2,1-2H3. The number of hydrogen-bond acceptors (Lipinski definition) is 4. The van der Waals surface area contributed by atoms with Crippen molar-refractivity contribution in [2.75, 3.05) is 6.61 Å². The Morgan fingerprint density at radius 3 is 3.06 bits per heavy atom. The molecule has 1 saturated carbocycles. The lowest BCUT2D eigenvalue weighted by atomic mass is 10.2. The van der Waals surface area contributed by atoms with Gasteiger partial charge in [-0.3, -0.25) is 0 Å². The van der Waals surface area contributed by atoms with Crippen LogP contribution in [-0.2, 0) is 0 Å². The molecule has 1 saturated heterocycles. The summed E-state index contributed by atoms with van der Waals surface area (Å²) in [4.78, 5) is 4.22. The van der Waals surface area contributed by atoms with E-state index in [1.807, 2.05) is 26.0 Å². The van der Waals surface area contributed by atoms with Gasteiger partial charge in [-0.25, -0.2) is 4.98 Å². The Morgan fingerprint density at radius 1 is 1.44 bits per heavy atom. The Bertz CT molecular complexity index is 412. The number of aromatic nitrogens is 1. The molecule has 0 spiro atoms. The molecule has 0 bridgehead atoms. The van der Waals surface area contributed by atoms with Gasteiger partial charge in [0.2, 0.25) is 0 Å². The molecule has 3 unspecified atom stereocenters. The Balaban J connectivity index is 1.57. The van der Waals surface area contributed by atoms with Gasteiger partial charge in [0.15, 0.2) is 5.75 Å². The molecule has 98 valence electrons. The van der Waals surface area contributed by atoms with E-state index in [1.54, 1.807) is 6.20 Å². The summed E-state index contributed by atoms with van der Waals surface area (Å²) < 4.78 is 11.5. The topological polar surface area (TPSA) is 43.4 Å². The molecule has 2 heterocycles. The van der Waals surface area contributed by atoms with Crippen molar-refractivity contribution < 1.29 is 9.47 Å². The third-order valence-corrected chi connectivity index (χ3v) is 3.48. The largest absolute Gasteiger partial charge is 0.486 e. The summed E-state index contributed by atoms with van der Waals surface area (Å²) in [5.74, 6) is 2.24. The SMILES string of the molecule is CC(C)Oc1ncccc1OCC1CC2CC2N1. The van der Waals surface area contributed by atoms with Gasteiger partial charge in [0.1, 0.15) is 6.61 Å².